The molecule has 1 fully saturated rings. The monoisotopic (exact) mass is 345 g/mol. The van der Waals surface area contributed by atoms with Crippen LogP contribution < -0.4 is 0 Å². The SMILES string of the molecule is Cc1ccc(CN2C(=O)C(=Cc3ccc(C)s3)SC2=S)cc1. The van der Waals surface area contributed by atoms with E-state index in [0.29, 0.717) is 15.8 Å². The van der Waals surface area contributed by atoms with Crippen LogP contribution in [0.1, 0.15) is 20.9 Å². The normalized spacial score (nSPS) is 16.8. The zero-order chi connectivity index (χ0) is 15.7. The molecule has 0 aliphatic carbocycles. The van der Waals surface area contributed by atoms with Crippen molar-refractivity contribution in [3.63, 3.8) is 0 Å². The summed E-state index contributed by atoms with van der Waals surface area (Å²) in [5.74, 6) is 0.00151. The van der Waals surface area contributed by atoms with Crippen molar-refractivity contribution in [3.8, 4) is 0 Å². The van der Waals surface area contributed by atoms with Gasteiger partial charge in [-0.2, -0.15) is 0 Å². The van der Waals surface area contributed by atoms with Crippen LogP contribution in [0, 0.1) is 13.8 Å². The Bertz CT molecular complexity index is 758. The number of carbonyl (C=O) groups excluding carboxylic acids is 1. The number of carbonyl (C=O) groups is 1. The maximum Gasteiger partial charge on any atom is 0.266 e. The van der Waals surface area contributed by atoms with Crippen molar-refractivity contribution in [1.29, 1.82) is 0 Å². The van der Waals surface area contributed by atoms with Crippen molar-refractivity contribution in [2.75, 3.05) is 0 Å². The summed E-state index contributed by atoms with van der Waals surface area (Å²) in [6.07, 6.45) is 1.94. The third-order valence-corrected chi connectivity index (χ3v) is 5.69. The van der Waals surface area contributed by atoms with Crippen LogP contribution in [0.2, 0.25) is 0 Å². The number of aryl methyl sites for hydroxylation is 2. The minimum Gasteiger partial charge on any atom is -0.288 e. The minimum absolute atomic E-state index is 0.00151. The fourth-order valence-electron chi connectivity index (χ4n) is 2.17. The standard InChI is InChI=1S/C17H15NOS3/c1-11-3-6-13(7-4-11)10-18-16(19)15(22-17(18)20)9-14-8-5-12(2)21-14/h3-9H,10H2,1-2H3. The molecule has 112 valence electrons. The number of thioether (sulfide) groups is 1. The van der Waals surface area contributed by atoms with Gasteiger partial charge in [0.15, 0.2) is 0 Å². The smallest absolute Gasteiger partial charge is 0.266 e. The first-order chi connectivity index (χ1) is 10.5. The van der Waals surface area contributed by atoms with Crippen LogP contribution in [0.5, 0.6) is 0 Å². The van der Waals surface area contributed by atoms with E-state index in [1.54, 1.807) is 16.2 Å². The quantitative estimate of drug-likeness (QED) is 0.590. The molecule has 1 saturated heterocycles. The molecule has 0 radical (unpaired) electrons. The lowest BCUT2D eigenvalue weighted by Gasteiger charge is -2.14. The molecule has 0 saturated carbocycles. The predicted octanol–water partition coefficient (Wildman–Crippen LogP) is 4.77. The van der Waals surface area contributed by atoms with Gasteiger partial charge in [-0.25, -0.2) is 0 Å². The van der Waals surface area contributed by atoms with Crippen molar-refractivity contribution in [3.05, 3.63) is 62.2 Å². The fraction of sp³-hybridized carbons (Fsp3) is 0.176. The first-order valence-electron chi connectivity index (χ1n) is 6.90. The van der Waals surface area contributed by atoms with Crippen LogP contribution in [0.15, 0.2) is 41.3 Å². The summed E-state index contributed by atoms with van der Waals surface area (Å²) < 4.78 is 0.630. The minimum atomic E-state index is 0.00151. The van der Waals surface area contributed by atoms with E-state index in [-0.39, 0.29) is 5.91 Å². The number of hydrogen-bond acceptors (Lipinski definition) is 4. The zero-order valence-electron chi connectivity index (χ0n) is 12.3. The highest BCUT2D eigenvalue weighted by Gasteiger charge is 2.32. The second-order valence-corrected chi connectivity index (χ2v) is 8.20. The third-order valence-electron chi connectivity index (χ3n) is 3.37. The van der Waals surface area contributed by atoms with Crippen molar-refractivity contribution < 1.29 is 4.79 Å². The van der Waals surface area contributed by atoms with E-state index >= 15 is 0 Å². The molecule has 2 heterocycles. The fourth-order valence-corrected chi connectivity index (χ4v) is 4.31. The molecular weight excluding hydrogens is 330 g/mol. The van der Waals surface area contributed by atoms with Crippen LogP contribution in [0.4, 0.5) is 0 Å². The van der Waals surface area contributed by atoms with Gasteiger partial charge in [0.1, 0.15) is 4.32 Å². The topological polar surface area (TPSA) is 20.3 Å². The molecule has 22 heavy (non-hydrogen) atoms. The molecule has 0 unspecified atom stereocenters. The van der Waals surface area contributed by atoms with E-state index in [4.69, 9.17) is 12.2 Å². The number of hydrogen-bond donors (Lipinski definition) is 0. The van der Waals surface area contributed by atoms with Crippen LogP contribution in [-0.4, -0.2) is 15.1 Å². The van der Waals surface area contributed by atoms with Gasteiger partial charge in [0.2, 0.25) is 0 Å². The highest BCUT2D eigenvalue weighted by Crippen LogP contribution is 2.34. The highest BCUT2D eigenvalue weighted by molar-refractivity contribution is 8.26. The highest BCUT2D eigenvalue weighted by atomic mass is 32.2. The van der Waals surface area contributed by atoms with E-state index in [1.165, 1.54) is 22.2 Å². The molecule has 1 aromatic heterocycles. The van der Waals surface area contributed by atoms with Gasteiger partial charge in [0.05, 0.1) is 11.4 Å². The van der Waals surface area contributed by atoms with Gasteiger partial charge in [-0.3, -0.25) is 9.69 Å². The Labute approximate surface area is 143 Å². The molecule has 1 aliphatic rings. The Morgan fingerprint density at radius 1 is 1.14 bits per heavy atom. The summed E-state index contributed by atoms with van der Waals surface area (Å²) in [6.45, 7) is 4.64. The summed E-state index contributed by atoms with van der Waals surface area (Å²) in [7, 11) is 0. The Morgan fingerprint density at radius 3 is 2.50 bits per heavy atom. The number of thiocarbonyl (C=S) groups is 1. The molecule has 2 aromatic rings. The molecule has 1 aliphatic heterocycles. The average molecular weight is 346 g/mol. The van der Waals surface area contributed by atoms with Crippen molar-refractivity contribution in [2.45, 2.75) is 20.4 Å². The van der Waals surface area contributed by atoms with Gasteiger partial charge in [0.25, 0.3) is 5.91 Å². The van der Waals surface area contributed by atoms with Crippen molar-refractivity contribution in [1.82, 2.24) is 4.90 Å². The Kier molecular flexibility index (Phi) is 4.47. The molecular formula is C17H15NOS3. The molecule has 1 aromatic carbocycles. The molecule has 0 spiro atoms. The number of benzene rings is 1. The van der Waals surface area contributed by atoms with E-state index in [1.807, 2.05) is 24.3 Å². The Morgan fingerprint density at radius 2 is 1.86 bits per heavy atom. The van der Waals surface area contributed by atoms with Crippen LogP contribution in [0.3, 0.4) is 0 Å². The number of rotatable bonds is 3. The maximum absolute atomic E-state index is 12.6. The molecule has 0 bridgehead atoms. The lowest BCUT2D eigenvalue weighted by Crippen LogP contribution is -2.27. The van der Waals surface area contributed by atoms with E-state index < -0.39 is 0 Å². The number of nitrogens with zero attached hydrogens (tertiary/aromatic N) is 1. The van der Waals surface area contributed by atoms with Gasteiger partial charge >= 0.3 is 0 Å². The second kappa shape index (κ2) is 6.36. The number of amides is 1. The third kappa shape index (κ3) is 3.32. The van der Waals surface area contributed by atoms with Gasteiger partial charge in [-0.15, -0.1) is 11.3 Å². The molecule has 5 heteroatoms. The van der Waals surface area contributed by atoms with Crippen molar-refractivity contribution >= 4 is 51.6 Å². The van der Waals surface area contributed by atoms with Gasteiger partial charge in [-0.1, -0.05) is 53.8 Å². The van der Waals surface area contributed by atoms with Crippen LogP contribution in [-0.2, 0) is 11.3 Å². The van der Waals surface area contributed by atoms with E-state index in [0.717, 1.165) is 10.4 Å². The average Bonchev–Trinajstić information content (AvgIpc) is 3.00. The molecule has 1 amide bonds. The Hall–Kier alpha value is -1.43. The van der Waals surface area contributed by atoms with Crippen LogP contribution >= 0.6 is 35.3 Å². The van der Waals surface area contributed by atoms with Crippen LogP contribution in [0.25, 0.3) is 6.08 Å². The maximum atomic E-state index is 12.6. The lowest BCUT2D eigenvalue weighted by atomic mass is 10.1. The lowest BCUT2D eigenvalue weighted by molar-refractivity contribution is -0.122. The van der Waals surface area contributed by atoms with Crippen molar-refractivity contribution in [2.24, 2.45) is 0 Å². The first kappa shape index (κ1) is 15.5. The predicted molar refractivity (Wildman–Crippen MR) is 99.0 cm³/mol. The molecule has 2 nitrogen and oxygen atoms in total. The summed E-state index contributed by atoms with van der Waals surface area (Å²) in [5, 5.41) is 0. The summed E-state index contributed by atoms with van der Waals surface area (Å²) in [6, 6.07) is 12.3. The van der Waals surface area contributed by atoms with Gasteiger partial charge in [0, 0.05) is 9.75 Å². The largest absolute Gasteiger partial charge is 0.288 e. The molecule has 0 atom stereocenters. The molecule has 0 N–H and O–H groups in total. The van der Waals surface area contributed by atoms with E-state index in [2.05, 4.69) is 32.0 Å². The summed E-state index contributed by atoms with van der Waals surface area (Å²) in [4.78, 5) is 17.3. The zero-order valence-corrected chi connectivity index (χ0v) is 14.8. The molecule has 3 rings (SSSR count). The number of thiophene rings is 1. The summed E-state index contributed by atoms with van der Waals surface area (Å²) >= 11 is 8.44. The van der Waals surface area contributed by atoms with E-state index in [9.17, 15) is 4.79 Å². The first-order valence-corrected chi connectivity index (χ1v) is 8.94. The van der Waals surface area contributed by atoms with Gasteiger partial charge in [-0.05, 0) is 37.6 Å². The summed E-state index contributed by atoms with van der Waals surface area (Å²) in [5.41, 5.74) is 2.30. The Balaban J connectivity index is 1.79. The second-order valence-electron chi connectivity index (χ2n) is 5.20. The van der Waals surface area contributed by atoms with Gasteiger partial charge < -0.3 is 0 Å².